The first-order valence-corrected chi connectivity index (χ1v) is 9.71. The van der Waals surface area contributed by atoms with Crippen molar-refractivity contribution in [2.75, 3.05) is 6.54 Å². The average molecular weight is 399 g/mol. The molecule has 0 radical (unpaired) electrons. The molecule has 0 aliphatic carbocycles. The normalized spacial score (nSPS) is 12.7. The largest absolute Gasteiger partial charge is 0.453 e. The van der Waals surface area contributed by atoms with Crippen LogP contribution in [0, 0.1) is 5.82 Å². The van der Waals surface area contributed by atoms with Crippen molar-refractivity contribution in [3.63, 3.8) is 0 Å². The Balaban J connectivity index is 1.75. The van der Waals surface area contributed by atoms with Crippen LogP contribution in [0.25, 0.3) is 0 Å². The number of esters is 1. The summed E-state index contributed by atoms with van der Waals surface area (Å²) in [6, 6.07) is 15.0. The van der Waals surface area contributed by atoms with Crippen LogP contribution in [0.4, 0.5) is 4.39 Å². The topological polar surface area (TPSA) is 72.5 Å². The Hall–Kier alpha value is -3.02. The van der Waals surface area contributed by atoms with Crippen molar-refractivity contribution in [1.82, 2.24) is 5.32 Å². The van der Waals surface area contributed by atoms with Crippen LogP contribution in [-0.2, 0) is 14.3 Å². The van der Waals surface area contributed by atoms with Crippen LogP contribution in [0.3, 0.4) is 0 Å². The van der Waals surface area contributed by atoms with Gasteiger partial charge in [-0.1, -0.05) is 37.3 Å². The summed E-state index contributed by atoms with van der Waals surface area (Å²) < 4.78 is 18.0. The minimum Gasteiger partial charge on any atom is -0.453 e. The van der Waals surface area contributed by atoms with Gasteiger partial charge in [0.1, 0.15) is 5.82 Å². The molecule has 0 saturated heterocycles. The Bertz CT molecular complexity index is 821. The first-order chi connectivity index (χ1) is 13.9. The third kappa shape index (κ3) is 7.14. The van der Waals surface area contributed by atoms with Crippen LogP contribution >= 0.6 is 0 Å². The Morgan fingerprint density at radius 1 is 1.00 bits per heavy atom. The Labute approximate surface area is 170 Å². The van der Waals surface area contributed by atoms with Gasteiger partial charge in [0.2, 0.25) is 0 Å². The van der Waals surface area contributed by atoms with Crippen LogP contribution in [-0.4, -0.2) is 30.3 Å². The predicted octanol–water partition coefficient (Wildman–Crippen LogP) is 4.03. The molecule has 2 aromatic carbocycles. The molecular weight excluding hydrogens is 373 g/mol. The lowest BCUT2D eigenvalue weighted by Crippen LogP contribution is -2.38. The summed E-state index contributed by atoms with van der Waals surface area (Å²) >= 11 is 0. The molecule has 2 atom stereocenters. The van der Waals surface area contributed by atoms with Gasteiger partial charge in [-0.05, 0) is 43.2 Å². The molecule has 0 unspecified atom stereocenters. The molecule has 0 saturated carbocycles. The van der Waals surface area contributed by atoms with Gasteiger partial charge in [-0.2, -0.15) is 0 Å². The van der Waals surface area contributed by atoms with Gasteiger partial charge in [-0.3, -0.25) is 14.4 Å². The highest BCUT2D eigenvalue weighted by atomic mass is 19.1. The van der Waals surface area contributed by atoms with Crippen LogP contribution in [0.2, 0.25) is 0 Å². The molecule has 6 heteroatoms. The molecular formula is C23H26FNO4. The number of ketones is 1. The minimum atomic E-state index is -0.947. The molecule has 1 amide bonds. The summed E-state index contributed by atoms with van der Waals surface area (Å²) in [5, 5.41) is 2.81. The number of carbonyl (C=O) groups excluding carboxylic acids is 3. The second-order valence-corrected chi connectivity index (χ2v) is 6.82. The molecule has 2 rings (SSSR count). The molecule has 2 aromatic rings. The van der Waals surface area contributed by atoms with E-state index in [1.807, 2.05) is 37.3 Å². The van der Waals surface area contributed by atoms with Gasteiger partial charge >= 0.3 is 5.97 Å². The maximum Gasteiger partial charge on any atom is 0.307 e. The van der Waals surface area contributed by atoms with Gasteiger partial charge in [0.15, 0.2) is 11.9 Å². The summed E-state index contributed by atoms with van der Waals surface area (Å²) in [6.07, 6.45) is -0.291. The SMILES string of the molecule is CC[C@H](CNC(=O)[C@H](C)OC(=O)CCC(=O)c1ccc(F)cc1)c1ccccc1. The molecule has 0 bridgehead atoms. The monoisotopic (exact) mass is 399 g/mol. The highest BCUT2D eigenvalue weighted by molar-refractivity contribution is 5.97. The molecule has 0 aliphatic heterocycles. The van der Waals surface area contributed by atoms with E-state index in [0.717, 1.165) is 12.0 Å². The smallest absolute Gasteiger partial charge is 0.307 e. The lowest BCUT2D eigenvalue weighted by atomic mass is 9.96. The summed E-state index contributed by atoms with van der Waals surface area (Å²) in [5.41, 5.74) is 1.47. The Morgan fingerprint density at radius 2 is 1.66 bits per heavy atom. The lowest BCUT2D eigenvalue weighted by Gasteiger charge is -2.18. The quantitative estimate of drug-likeness (QED) is 0.484. The molecule has 1 N–H and O–H groups in total. The predicted molar refractivity (Wildman–Crippen MR) is 108 cm³/mol. The van der Waals surface area contributed by atoms with Crippen LogP contribution in [0.15, 0.2) is 54.6 Å². The number of amides is 1. The number of hydrogen-bond acceptors (Lipinski definition) is 4. The van der Waals surface area contributed by atoms with E-state index < -0.39 is 17.9 Å². The van der Waals surface area contributed by atoms with Gasteiger partial charge in [-0.25, -0.2) is 4.39 Å². The van der Waals surface area contributed by atoms with Crippen LogP contribution in [0.5, 0.6) is 0 Å². The minimum absolute atomic E-state index is 0.0648. The summed E-state index contributed by atoms with van der Waals surface area (Å²) in [7, 11) is 0. The highest BCUT2D eigenvalue weighted by Crippen LogP contribution is 2.18. The number of carbonyl (C=O) groups is 3. The maximum absolute atomic E-state index is 12.9. The molecule has 0 aromatic heterocycles. The lowest BCUT2D eigenvalue weighted by molar-refractivity contribution is -0.154. The van der Waals surface area contributed by atoms with Crippen molar-refractivity contribution in [1.29, 1.82) is 0 Å². The number of rotatable bonds is 10. The molecule has 0 fully saturated rings. The standard InChI is InChI=1S/C23H26FNO4/c1-3-17(18-7-5-4-6-8-18)15-25-23(28)16(2)29-22(27)14-13-21(26)19-9-11-20(24)12-10-19/h4-12,16-17H,3,13-15H2,1-2H3,(H,25,28)/t16-,17+/m0/s1. The number of hydrogen-bond donors (Lipinski definition) is 1. The van der Waals surface area contributed by atoms with Gasteiger partial charge in [0.25, 0.3) is 5.91 Å². The van der Waals surface area contributed by atoms with E-state index in [9.17, 15) is 18.8 Å². The van der Waals surface area contributed by atoms with Gasteiger partial charge in [0.05, 0.1) is 6.42 Å². The van der Waals surface area contributed by atoms with Crippen LogP contribution in [0.1, 0.15) is 54.9 Å². The number of benzene rings is 2. The summed E-state index contributed by atoms with van der Waals surface area (Å²) in [6.45, 7) is 3.99. The van der Waals surface area contributed by atoms with Crippen molar-refractivity contribution >= 4 is 17.7 Å². The molecule has 0 heterocycles. The Kier molecular flexibility index (Phi) is 8.52. The third-order valence-electron chi connectivity index (χ3n) is 4.69. The average Bonchev–Trinajstić information content (AvgIpc) is 2.73. The van der Waals surface area contributed by atoms with Crippen molar-refractivity contribution in [2.24, 2.45) is 0 Å². The zero-order valence-corrected chi connectivity index (χ0v) is 16.7. The van der Waals surface area contributed by atoms with E-state index >= 15 is 0 Å². The van der Waals surface area contributed by atoms with E-state index in [1.165, 1.54) is 31.2 Å². The number of nitrogens with one attached hydrogen (secondary N) is 1. The molecule has 0 spiro atoms. The zero-order chi connectivity index (χ0) is 21.2. The fourth-order valence-corrected chi connectivity index (χ4v) is 2.90. The zero-order valence-electron chi connectivity index (χ0n) is 16.7. The second-order valence-electron chi connectivity index (χ2n) is 6.82. The first kappa shape index (κ1) is 22.3. The van der Waals surface area contributed by atoms with E-state index in [0.29, 0.717) is 12.1 Å². The second kappa shape index (κ2) is 11.1. The van der Waals surface area contributed by atoms with Crippen molar-refractivity contribution in [3.05, 3.63) is 71.5 Å². The van der Waals surface area contributed by atoms with Gasteiger partial charge in [-0.15, -0.1) is 0 Å². The molecule has 5 nitrogen and oxygen atoms in total. The highest BCUT2D eigenvalue weighted by Gasteiger charge is 2.20. The summed E-state index contributed by atoms with van der Waals surface area (Å²) in [5.74, 6) is -1.54. The first-order valence-electron chi connectivity index (χ1n) is 9.71. The third-order valence-corrected chi connectivity index (χ3v) is 4.69. The van der Waals surface area contributed by atoms with Crippen molar-refractivity contribution < 1.29 is 23.5 Å². The van der Waals surface area contributed by atoms with E-state index in [2.05, 4.69) is 5.32 Å². The van der Waals surface area contributed by atoms with E-state index in [4.69, 9.17) is 4.74 Å². The fourth-order valence-electron chi connectivity index (χ4n) is 2.90. The summed E-state index contributed by atoms with van der Waals surface area (Å²) in [4.78, 5) is 36.2. The van der Waals surface area contributed by atoms with Gasteiger partial charge in [0, 0.05) is 24.4 Å². The maximum atomic E-state index is 12.9. The molecule has 0 aliphatic rings. The molecule has 29 heavy (non-hydrogen) atoms. The van der Waals surface area contributed by atoms with E-state index in [1.54, 1.807) is 0 Å². The van der Waals surface area contributed by atoms with E-state index in [-0.39, 0.29) is 30.4 Å². The number of halogens is 1. The number of Topliss-reactive ketones (excluding diaryl/α,β-unsaturated/α-hetero) is 1. The van der Waals surface area contributed by atoms with Gasteiger partial charge < -0.3 is 10.1 Å². The Morgan fingerprint density at radius 3 is 2.28 bits per heavy atom. The molecule has 154 valence electrons. The fraction of sp³-hybridized carbons (Fsp3) is 0.348. The van der Waals surface area contributed by atoms with Crippen molar-refractivity contribution in [2.45, 2.75) is 45.1 Å². The number of ether oxygens (including phenoxy) is 1. The van der Waals surface area contributed by atoms with Crippen LogP contribution < -0.4 is 5.32 Å². The van der Waals surface area contributed by atoms with Crippen molar-refractivity contribution in [3.8, 4) is 0 Å².